The zero-order valence-electron chi connectivity index (χ0n) is 18.1. The summed E-state index contributed by atoms with van der Waals surface area (Å²) in [4.78, 5) is 54.9. The number of rotatable bonds is 10. The minimum atomic E-state index is -0.915. The monoisotopic (exact) mass is 473 g/mol. The molecule has 3 rings (SSSR count). The Hall–Kier alpha value is -3.80. The summed E-state index contributed by atoms with van der Waals surface area (Å²) in [6.07, 6.45) is 3.92. The summed E-state index contributed by atoms with van der Waals surface area (Å²) in [6.45, 7) is 1.38. The molecule has 11 nitrogen and oxygen atoms in total. The number of imidazole rings is 1. The summed E-state index contributed by atoms with van der Waals surface area (Å²) >= 11 is 1.13. The van der Waals surface area contributed by atoms with Crippen molar-refractivity contribution in [3.63, 3.8) is 0 Å². The van der Waals surface area contributed by atoms with Gasteiger partial charge in [-0.05, 0) is 30.7 Å². The summed E-state index contributed by atoms with van der Waals surface area (Å²) in [5.41, 5.74) is 4.66. The standard InChI is InChI=1S/C21H23N5O6S/c1-3-9-26-18(22)17(19(29)24-20(26)30)15(27)11-32-16(28)12-33-21-23-8-10-25(21)13-4-6-14(31-2)7-5-13/h4-8,10H,3,9,11-12,22H2,1-2H3,(H,24,29,30). The lowest BCUT2D eigenvalue weighted by molar-refractivity contribution is -0.139. The van der Waals surface area contributed by atoms with Gasteiger partial charge in [0.1, 0.15) is 17.1 Å². The number of Topliss-reactive ketones (excluding diaryl/α,β-unsaturated/α-hetero) is 1. The number of nitrogens with zero attached hydrogens (tertiary/aromatic N) is 3. The molecule has 0 radical (unpaired) electrons. The number of nitrogen functional groups attached to an aromatic ring is 1. The van der Waals surface area contributed by atoms with Gasteiger partial charge in [0.15, 0.2) is 11.8 Å². The molecule has 0 spiro atoms. The molecular formula is C21H23N5O6S. The number of aromatic amines is 1. The van der Waals surface area contributed by atoms with Crippen molar-refractivity contribution in [2.24, 2.45) is 0 Å². The first-order valence-corrected chi connectivity index (χ1v) is 11.0. The number of thioether (sulfide) groups is 1. The van der Waals surface area contributed by atoms with E-state index < -0.39 is 35.2 Å². The van der Waals surface area contributed by atoms with Crippen LogP contribution in [0.1, 0.15) is 23.7 Å². The first kappa shape index (κ1) is 23.9. The van der Waals surface area contributed by atoms with Crippen LogP contribution in [0.3, 0.4) is 0 Å². The van der Waals surface area contributed by atoms with Crippen LogP contribution in [0.25, 0.3) is 5.69 Å². The van der Waals surface area contributed by atoms with Crippen LogP contribution in [0.15, 0.2) is 51.4 Å². The van der Waals surface area contributed by atoms with Crippen molar-refractivity contribution in [3.8, 4) is 11.4 Å². The van der Waals surface area contributed by atoms with Crippen LogP contribution in [0.2, 0.25) is 0 Å². The highest BCUT2D eigenvalue weighted by atomic mass is 32.2. The number of nitrogens with one attached hydrogen (secondary N) is 1. The van der Waals surface area contributed by atoms with Gasteiger partial charge in [0.2, 0.25) is 5.78 Å². The Bertz CT molecular complexity index is 1260. The predicted octanol–water partition coefficient (Wildman–Crippen LogP) is 1.24. The molecule has 0 bridgehead atoms. The number of anilines is 1. The summed E-state index contributed by atoms with van der Waals surface area (Å²) in [5, 5.41) is 0.552. The first-order chi connectivity index (χ1) is 15.8. The number of carbonyl (C=O) groups is 2. The molecule has 0 fully saturated rings. The molecule has 0 atom stereocenters. The average molecular weight is 474 g/mol. The molecule has 0 saturated carbocycles. The van der Waals surface area contributed by atoms with Crippen molar-refractivity contribution < 1.29 is 19.1 Å². The Morgan fingerprint density at radius 3 is 2.61 bits per heavy atom. The number of hydrogen-bond acceptors (Lipinski definition) is 9. The molecule has 33 heavy (non-hydrogen) atoms. The molecule has 174 valence electrons. The van der Waals surface area contributed by atoms with Gasteiger partial charge in [-0.3, -0.25) is 28.5 Å². The summed E-state index contributed by atoms with van der Waals surface area (Å²) in [7, 11) is 1.58. The summed E-state index contributed by atoms with van der Waals surface area (Å²) in [6, 6.07) is 7.31. The number of benzene rings is 1. The molecular weight excluding hydrogens is 450 g/mol. The van der Waals surface area contributed by atoms with E-state index in [-0.39, 0.29) is 18.1 Å². The van der Waals surface area contributed by atoms with Crippen LogP contribution in [0.4, 0.5) is 5.82 Å². The van der Waals surface area contributed by atoms with Gasteiger partial charge in [-0.15, -0.1) is 0 Å². The zero-order chi connectivity index (χ0) is 24.0. The quantitative estimate of drug-likeness (QED) is 0.252. The Labute approximate surface area is 192 Å². The largest absolute Gasteiger partial charge is 0.497 e. The lowest BCUT2D eigenvalue weighted by Gasteiger charge is -2.11. The minimum absolute atomic E-state index is 0.110. The van der Waals surface area contributed by atoms with Gasteiger partial charge in [-0.25, -0.2) is 9.78 Å². The van der Waals surface area contributed by atoms with E-state index in [9.17, 15) is 19.2 Å². The second-order valence-electron chi connectivity index (χ2n) is 6.82. The van der Waals surface area contributed by atoms with Crippen LogP contribution in [-0.2, 0) is 16.1 Å². The van der Waals surface area contributed by atoms with Crippen LogP contribution in [0, 0.1) is 0 Å². The molecule has 12 heteroatoms. The molecule has 1 aromatic carbocycles. The van der Waals surface area contributed by atoms with Crippen molar-refractivity contribution >= 4 is 29.3 Å². The van der Waals surface area contributed by atoms with E-state index in [1.165, 1.54) is 0 Å². The van der Waals surface area contributed by atoms with Crippen molar-refractivity contribution in [2.45, 2.75) is 25.0 Å². The predicted molar refractivity (Wildman–Crippen MR) is 122 cm³/mol. The van der Waals surface area contributed by atoms with Gasteiger partial charge in [-0.1, -0.05) is 18.7 Å². The van der Waals surface area contributed by atoms with Crippen molar-refractivity contribution in [1.29, 1.82) is 0 Å². The lowest BCUT2D eigenvalue weighted by Crippen LogP contribution is -2.37. The molecule has 0 aliphatic heterocycles. The fourth-order valence-corrected chi connectivity index (χ4v) is 3.79. The minimum Gasteiger partial charge on any atom is -0.497 e. The van der Waals surface area contributed by atoms with E-state index in [1.807, 2.05) is 19.1 Å². The maximum absolute atomic E-state index is 12.5. The SMILES string of the molecule is CCCn1c(N)c(C(=O)COC(=O)CSc2nccn2-c2ccc(OC)cc2)c(=O)[nH]c1=O. The Morgan fingerprint density at radius 2 is 1.94 bits per heavy atom. The highest BCUT2D eigenvalue weighted by Crippen LogP contribution is 2.22. The van der Waals surface area contributed by atoms with E-state index in [2.05, 4.69) is 9.97 Å². The number of esters is 1. The van der Waals surface area contributed by atoms with Gasteiger partial charge < -0.3 is 15.2 Å². The molecule has 0 aliphatic rings. The lowest BCUT2D eigenvalue weighted by atomic mass is 10.2. The smallest absolute Gasteiger partial charge is 0.329 e. The molecule has 0 unspecified atom stereocenters. The van der Waals surface area contributed by atoms with Crippen molar-refractivity contribution in [3.05, 3.63) is 63.1 Å². The topological polar surface area (TPSA) is 151 Å². The average Bonchev–Trinajstić information content (AvgIpc) is 3.27. The fraction of sp³-hybridized carbons (Fsp3) is 0.286. The Morgan fingerprint density at radius 1 is 1.21 bits per heavy atom. The molecule has 0 saturated heterocycles. The molecule has 3 aromatic rings. The van der Waals surface area contributed by atoms with E-state index in [1.54, 1.807) is 36.2 Å². The van der Waals surface area contributed by atoms with Gasteiger partial charge in [0.25, 0.3) is 5.56 Å². The number of aromatic nitrogens is 4. The second kappa shape index (κ2) is 10.7. The second-order valence-corrected chi connectivity index (χ2v) is 7.76. The molecule has 0 aliphatic carbocycles. The number of hydrogen-bond donors (Lipinski definition) is 2. The number of ketones is 1. The number of H-pyrrole nitrogens is 1. The molecule has 3 N–H and O–H groups in total. The maximum Gasteiger partial charge on any atom is 0.329 e. The maximum atomic E-state index is 12.5. The van der Waals surface area contributed by atoms with Crippen LogP contribution in [0.5, 0.6) is 5.75 Å². The highest BCUT2D eigenvalue weighted by Gasteiger charge is 2.21. The fourth-order valence-electron chi connectivity index (χ4n) is 3.02. The van der Waals surface area contributed by atoms with Gasteiger partial charge >= 0.3 is 11.7 Å². The van der Waals surface area contributed by atoms with Crippen LogP contribution < -0.4 is 21.7 Å². The highest BCUT2D eigenvalue weighted by molar-refractivity contribution is 7.99. The van der Waals surface area contributed by atoms with E-state index >= 15 is 0 Å². The van der Waals surface area contributed by atoms with E-state index in [0.29, 0.717) is 17.3 Å². The zero-order valence-corrected chi connectivity index (χ0v) is 18.9. The van der Waals surface area contributed by atoms with E-state index in [4.69, 9.17) is 15.2 Å². The Kier molecular flexibility index (Phi) is 7.72. The molecule has 2 heterocycles. The third-order valence-corrected chi connectivity index (χ3v) is 5.55. The third kappa shape index (κ3) is 5.52. The van der Waals surface area contributed by atoms with Gasteiger partial charge in [0.05, 0.1) is 12.9 Å². The van der Waals surface area contributed by atoms with Crippen LogP contribution in [-0.4, -0.2) is 50.3 Å². The summed E-state index contributed by atoms with van der Waals surface area (Å²) < 4.78 is 13.1. The Balaban J connectivity index is 1.62. The van der Waals surface area contributed by atoms with E-state index in [0.717, 1.165) is 22.0 Å². The number of methoxy groups -OCH3 is 1. The molecule has 2 aromatic heterocycles. The number of nitrogens with two attached hydrogens (primary N) is 1. The molecule has 0 amide bonds. The third-order valence-electron chi connectivity index (χ3n) is 4.61. The van der Waals surface area contributed by atoms with Gasteiger partial charge in [0, 0.05) is 24.6 Å². The number of ether oxygens (including phenoxy) is 2. The van der Waals surface area contributed by atoms with Crippen molar-refractivity contribution in [2.75, 3.05) is 25.2 Å². The van der Waals surface area contributed by atoms with Crippen LogP contribution >= 0.6 is 11.8 Å². The van der Waals surface area contributed by atoms with Gasteiger partial charge in [-0.2, -0.15) is 0 Å². The summed E-state index contributed by atoms with van der Waals surface area (Å²) in [5.74, 6) is -1.11. The van der Waals surface area contributed by atoms with Crippen molar-refractivity contribution in [1.82, 2.24) is 19.1 Å². The normalized spacial score (nSPS) is 10.7. The first-order valence-electron chi connectivity index (χ1n) is 9.97. The number of carbonyl (C=O) groups excluding carboxylic acids is 2.